The smallest absolute Gasteiger partial charge is 0.317 e. The molecule has 0 bridgehead atoms. The number of rotatable bonds is 4. The van der Waals surface area contributed by atoms with Crippen LogP contribution in [0.2, 0.25) is 0 Å². The van der Waals surface area contributed by atoms with Crippen molar-refractivity contribution in [3.8, 4) is 0 Å². The van der Waals surface area contributed by atoms with Crippen LogP contribution in [0.15, 0.2) is 24.3 Å². The van der Waals surface area contributed by atoms with Crippen molar-refractivity contribution in [1.82, 2.24) is 10.2 Å². The summed E-state index contributed by atoms with van der Waals surface area (Å²) in [5.74, 6) is -0.280. The van der Waals surface area contributed by atoms with Crippen molar-refractivity contribution < 1.29 is 14.3 Å². The number of carbonyl (C=O) groups is 1. The minimum Gasteiger partial charge on any atom is -0.347 e. The lowest BCUT2D eigenvalue weighted by Crippen LogP contribution is -2.51. The van der Waals surface area contributed by atoms with E-state index >= 15 is 0 Å². The van der Waals surface area contributed by atoms with Gasteiger partial charge in [-0.15, -0.1) is 0 Å². The summed E-state index contributed by atoms with van der Waals surface area (Å²) in [6, 6.07) is 8.47. The monoisotopic (exact) mass is 332 g/mol. The molecule has 5 nitrogen and oxygen atoms in total. The number of nitrogens with zero attached hydrogens (tertiary/aromatic N) is 1. The third kappa shape index (κ3) is 4.08. The second-order valence-electron chi connectivity index (χ2n) is 6.97. The van der Waals surface area contributed by atoms with Gasteiger partial charge >= 0.3 is 6.03 Å². The Labute approximate surface area is 144 Å². The van der Waals surface area contributed by atoms with Crippen LogP contribution in [0.1, 0.15) is 30.9 Å². The number of hydrogen-bond donors (Lipinski definition) is 1. The van der Waals surface area contributed by atoms with Crippen LogP contribution in [-0.4, -0.2) is 49.6 Å². The minimum atomic E-state index is -0.527. The van der Waals surface area contributed by atoms with Crippen LogP contribution in [0.5, 0.6) is 0 Å². The fraction of sp³-hybridized carbons (Fsp3) is 0.632. The van der Waals surface area contributed by atoms with Crippen molar-refractivity contribution in [1.29, 1.82) is 0 Å². The molecule has 0 radical (unpaired) electrons. The van der Waals surface area contributed by atoms with Crippen LogP contribution in [0.4, 0.5) is 4.79 Å². The highest BCUT2D eigenvalue weighted by Gasteiger charge is 2.42. The zero-order valence-corrected chi connectivity index (χ0v) is 14.7. The molecule has 2 aliphatic heterocycles. The summed E-state index contributed by atoms with van der Waals surface area (Å²) < 4.78 is 11.6. The van der Waals surface area contributed by atoms with Crippen molar-refractivity contribution >= 4 is 6.03 Å². The maximum atomic E-state index is 12.4. The molecule has 132 valence electrons. The molecule has 0 spiro atoms. The first-order valence-corrected chi connectivity index (χ1v) is 8.93. The van der Waals surface area contributed by atoms with Crippen molar-refractivity contribution in [3.05, 3.63) is 35.4 Å². The quantitative estimate of drug-likeness (QED) is 0.922. The first-order chi connectivity index (χ1) is 11.6. The Hall–Kier alpha value is -1.59. The molecule has 1 N–H and O–H groups in total. The fourth-order valence-electron chi connectivity index (χ4n) is 3.54. The molecule has 2 fully saturated rings. The van der Waals surface area contributed by atoms with Crippen LogP contribution in [0, 0.1) is 12.8 Å². The number of nitrogens with one attached hydrogen (secondary N) is 1. The summed E-state index contributed by atoms with van der Waals surface area (Å²) in [6.07, 6.45) is 2.90. The van der Waals surface area contributed by atoms with Gasteiger partial charge in [-0.3, -0.25) is 0 Å². The van der Waals surface area contributed by atoms with E-state index in [9.17, 15) is 4.79 Å². The van der Waals surface area contributed by atoms with Crippen molar-refractivity contribution in [2.24, 2.45) is 5.92 Å². The van der Waals surface area contributed by atoms with E-state index in [1.165, 1.54) is 11.1 Å². The third-order valence-corrected chi connectivity index (χ3v) is 5.12. The predicted octanol–water partition coefficient (Wildman–Crippen LogP) is 2.72. The van der Waals surface area contributed by atoms with Crippen molar-refractivity contribution in [3.63, 3.8) is 0 Å². The number of benzene rings is 1. The Kier molecular flexibility index (Phi) is 5.41. The van der Waals surface area contributed by atoms with E-state index in [1.807, 2.05) is 11.8 Å². The summed E-state index contributed by atoms with van der Waals surface area (Å²) >= 11 is 0. The molecule has 2 aliphatic rings. The maximum Gasteiger partial charge on any atom is 0.317 e. The summed E-state index contributed by atoms with van der Waals surface area (Å²) in [5.41, 5.74) is 2.50. The van der Waals surface area contributed by atoms with E-state index in [0.29, 0.717) is 26.3 Å². The number of aryl methyl sites for hydroxylation is 1. The van der Waals surface area contributed by atoms with Gasteiger partial charge < -0.3 is 19.7 Å². The topological polar surface area (TPSA) is 50.8 Å². The van der Waals surface area contributed by atoms with E-state index < -0.39 is 5.79 Å². The lowest BCUT2D eigenvalue weighted by molar-refractivity contribution is -0.189. The molecule has 0 saturated carbocycles. The molecule has 2 saturated heterocycles. The molecule has 5 heteroatoms. The van der Waals surface area contributed by atoms with Gasteiger partial charge in [0.15, 0.2) is 5.79 Å². The van der Waals surface area contributed by atoms with Gasteiger partial charge in [0, 0.05) is 25.6 Å². The Balaban J connectivity index is 1.46. The normalized spacial score (nSPS) is 23.2. The second kappa shape index (κ2) is 7.53. The van der Waals surface area contributed by atoms with Crippen LogP contribution in [0.25, 0.3) is 0 Å². The molecule has 1 unspecified atom stereocenters. The van der Waals surface area contributed by atoms with E-state index in [4.69, 9.17) is 9.47 Å². The van der Waals surface area contributed by atoms with E-state index in [2.05, 4.69) is 36.5 Å². The highest BCUT2D eigenvalue weighted by molar-refractivity contribution is 5.74. The number of amides is 2. The van der Waals surface area contributed by atoms with Crippen molar-refractivity contribution in [2.75, 3.05) is 32.8 Å². The summed E-state index contributed by atoms with van der Waals surface area (Å²) in [7, 11) is 0. The largest absolute Gasteiger partial charge is 0.347 e. The number of hydrogen-bond acceptors (Lipinski definition) is 3. The zero-order valence-electron chi connectivity index (χ0n) is 14.7. The Bertz CT molecular complexity index is 552. The average molecular weight is 332 g/mol. The van der Waals surface area contributed by atoms with Crippen LogP contribution in [-0.2, 0) is 15.9 Å². The maximum absolute atomic E-state index is 12.4. The Morgan fingerprint density at radius 1 is 1.29 bits per heavy atom. The summed E-state index contributed by atoms with van der Waals surface area (Å²) in [4.78, 5) is 14.3. The van der Waals surface area contributed by atoms with E-state index in [0.717, 1.165) is 25.8 Å². The number of piperidine rings is 1. The third-order valence-electron chi connectivity index (χ3n) is 5.12. The number of carbonyl (C=O) groups excluding carboxylic acids is 1. The first kappa shape index (κ1) is 17.2. The summed E-state index contributed by atoms with van der Waals surface area (Å²) in [5, 5.41) is 3.04. The van der Waals surface area contributed by atoms with Crippen LogP contribution < -0.4 is 5.32 Å². The molecule has 1 atom stereocenters. The van der Waals surface area contributed by atoms with Crippen molar-refractivity contribution in [2.45, 2.75) is 38.9 Å². The van der Waals surface area contributed by atoms with Gasteiger partial charge in [0.25, 0.3) is 0 Å². The van der Waals surface area contributed by atoms with E-state index in [-0.39, 0.29) is 11.9 Å². The first-order valence-electron chi connectivity index (χ1n) is 8.93. The van der Waals surface area contributed by atoms with Crippen LogP contribution in [0.3, 0.4) is 0 Å². The minimum absolute atomic E-state index is 0.0217. The van der Waals surface area contributed by atoms with Gasteiger partial charge in [-0.2, -0.15) is 0 Å². The van der Waals surface area contributed by atoms with Gasteiger partial charge in [-0.25, -0.2) is 4.79 Å². The number of ether oxygens (including phenoxy) is 2. The second-order valence-corrected chi connectivity index (χ2v) is 6.97. The molecule has 1 aromatic rings. The average Bonchev–Trinajstić information content (AvgIpc) is 3.05. The molecular weight excluding hydrogens is 304 g/mol. The molecule has 1 aromatic carbocycles. The van der Waals surface area contributed by atoms with Gasteiger partial charge in [-0.1, -0.05) is 29.8 Å². The molecule has 0 aliphatic carbocycles. The molecule has 0 aromatic heterocycles. The highest BCUT2D eigenvalue weighted by atomic mass is 16.7. The summed E-state index contributed by atoms with van der Waals surface area (Å²) in [6.45, 7) is 7.55. The molecule has 24 heavy (non-hydrogen) atoms. The fourth-order valence-corrected chi connectivity index (χ4v) is 3.54. The van der Waals surface area contributed by atoms with Gasteiger partial charge in [-0.05, 0) is 38.7 Å². The zero-order chi connectivity index (χ0) is 17.0. The SMILES string of the molecule is Cc1ccc(CCNC(=O)N2CCCC(C3(C)OCCO3)C2)cc1. The molecular formula is C19H28N2O3. The Morgan fingerprint density at radius 3 is 2.71 bits per heavy atom. The number of urea groups is 1. The predicted molar refractivity (Wildman–Crippen MR) is 92.9 cm³/mol. The molecule has 3 rings (SSSR count). The lowest BCUT2D eigenvalue weighted by atomic mass is 9.90. The highest BCUT2D eigenvalue weighted by Crippen LogP contribution is 2.34. The van der Waals surface area contributed by atoms with E-state index in [1.54, 1.807) is 0 Å². The molecule has 2 amide bonds. The lowest BCUT2D eigenvalue weighted by Gasteiger charge is -2.39. The number of likely N-dealkylation sites (tertiary alicyclic amines) is 1. The van der Waals surface area contributed by atoms with Crippen LogP contribution >= 0.6 is 0 Å². The van der Waals surface area contributed by atoms with Gasteiger partial charge in [0.1, 0.15) is 0 Å². The Morgan fingerprint density at radius 2 is 2.00 bits per heavy atom. The van der Waals surface area contributed by atoms with Gasteiger partial charge in [0.05, 0.1) is 13.2 Å². The molecule has 2 heterocycles. The standard InChI is InChI=1S/C19H28N2O3/c1-15-5-7-16(8-6-15)9-10-20-18(22)21-11-3-4-17(14-21)19(2)23-12-13-24-19/h5-8,17H,3-4,9-14H2,1-2H3,(H,20,22). The van der Waals surface area contributed by atoms with Gasteiger partial charge in [0.2, 0.25) is 0 Å².